The number of fused-ring (bicyclic) bond motifs is 1. The van der Waals surface area contributed by atoms with Crippen LogP contribution in [0.1, 0.15) is 49.0 Å². The predicted octanol–water partition coefficient (Wildman–Crippen LogP) is 2.89. The molecule has 0 unspecified atom stereocenters. The molecule has 7 heteroatoms. The van der Waals surface area contributed by atoms with Crippen molar-refractivity contribution in [3.63, 3.8) is 0 Å². The van der Waals surface area contributed by atoms with Gasteiger partial charge in [0.15, 0.2) is 0 Å². The number of rotatable bonds is 5. The lowest BCUT2D eigenvalue weighted by Gasteiger charge is -2.34. The highest BCUT2D eigenvalue weighted by atomic mass is 32.1. The molecule has 6 nitrogen and oxygen atoms in total. The molecule has 3 heterocycles. The van der Waals surface area contributed by atoms with Crippen molar-refractivity contribution in [2.45, 2.75) is 53.5 Å². The van der Waals surface area contributed by atoms with E-state index in [-0.39, 0.29) is 17.5 Å². The van der Waals surface area contributed by atoms with E-state index >= 15 is 0 Å². The molecule has 2 aromatic rings. The van der Waals surface area contributed by atoms with E-state index < -0.39 is 0 Å². The maximum absolute atomic E-state index is 13.2. The molecular weight excluding hydrogens is 360 g/mol. The highest BCUT2D eigenvalue weighted by Gasteiger charge is 2.26. The lowest BCUT2D eigenvalue weighted by atomic mass is 10.0. The van der Waals surface area contributed by atoms with Crippen LogP contribution in [0.15, 0.2) is 4.79 Å². The molecule has 0 atom stereocenters. The molecule has 1 fully saturated rings. The van der Waals surface area contributed by atoms with Gasteiger partial charge in [-0.3, -0.25) is 19.1 Å². The summed E-state index contributed by atoms with van der Waals surface area (Å²) in [6, 6.07) is 0.161. The molecule has 2 aromatic heterocycles. The minimum absolute atomic E-state index is 0.0945. The molecule has 1 amide bonds. The Kier molecular flexibility index (Phi) is 6.01. The van der Waals surface area contributed by atoms with Crippen LogP contribution >= 0.6 is 11.3 Å². The van der Waals surface area contributed by atoms with Gasteiger partial charge in [-0.15, -0.1) is 11.3 Å². The fourth-order valence-corrected chi connectivity index (χ4v) is 5.11. The largest absolute Gasteiger partial charge is 0.342 e. The number of hydrogen-bond donors (Lipinski definition) is 0. The zero-order chi connectivity index (χ0) is 19.7. The average Bonchev–Trinajstić information content (AvgIpc) is 2.91. The Morgan fingerprint density at radius 1 is 1.19 bits per heavy atom. The van der Waals surface area contributed by atoms with E-state index in [1.807, 2.05) is 44.1 Å². The fraction of sp³-hybridized carbons (Fsp3) is 0.650. The Morgan fingerprint density at radius 3 is 2.41 bits per heavy atom. The first-order valence-corrected chi connectivity index (χ1v) is 10.7. The molecule has 0 N–H and O–H groups in total. The van der Waals surface area contributed by atoms with Crippen molar-refractivity contribution in [1.82, 2.24) is 19.4 Å². The van der Waals surface area contributed by atoms with Gasteiger partial charge in [-0.25, -0.2) is 4.98 Å². The van der Waals surface area contributed by atoms with E-state index in [4.69, 9.17) is 4.98 Å². The lowest BCUT2D eigenvalue weighted by molar-refractivity contribution is -0.132. The summed E-state index contributed by atoms with van der Waals surface area (Å²) in [6.07, 6.45) is 1.75. The van der Waals surface area contributed by atoms with Gasteiger partial charge in [0.2, 0.25) is 5.91 Å². The molecular formula is C20H30N4O2S. The molecule has 0 bridgehead atoms. The molecule has 148 valence electrons. The number of amides is 1. The van der Waals surface area contributed by atoms with Crippen LogP contribution in [0, 0.1) is 20.8 Å². The third kappa shape index (κ3) is 3.80. The second-order valence-corrected chi connectivity index (χ2v) is 8.57. The van der Waals surface area contributed by atoms with Crippen molar-refractivity contribution in [3.05, 3.63) is 26.6 Å². The van der Waals surface area contributed by atoms with E-state index in [9.17, 15) is 9.59 Å². The Balaban J connectivity index is 1.76. The van der Waals surface area contributed by atoms with Crippen LogP contribution in [0.5, 0.6) is 0 Å². The monoisotopic (exact) mass is 390 g/mol. The maximum atomic E-state index is 13.2. The number of likely N-dealkylation sites (tertiary alicyclic amines) is 1. The van der Waals surface area contributed by atoms with Crippen LogP contribution in [-0.4, -0.2) is 58.0 Å². The molecule has 0 aromatic carbocycles. The summed E-state index contributed by atoms with van der Waals surface area (Å²) in [7, 11) is 0. The van der Waals surface area contributed by atoms with E-state index in [1.54, 1.807) is 11.3 Å². The Labute approximate surface area is 164 Å². The minimum Gasteiger partial charge on any atom is -0.342 e. The summed E-state index contributed by atoms with van der Waals surface area (Å²) in [5, 5.41) is 0.780. The van der Waals surface area contributed by atoms with Crippen molar-refractivity contribution in [2.75, 3.05) is 32.7 Å². The standard InChI is InChI=1S/C20H30N4O2S/c1-6-23(7-2)17(25)12-22-10-8-16(9-11-22)24-15(5)21-19-18(20(24)26)13(3)14(4)27-19/h16H,6-12H2,1-5H3. The number of hydrogen-bond acceptors (Lipinski definition) is 5. The minimum atomic E-state index is 0.0945. The van der Waals surface area contributed by atoms with E-state index in [0.29, 0.717) is 6.54 Å². The van der Waals surface area contributed by atoms with E-state index in [0.717, 1.165) is 65.5 Å². The summed E-state index contributed by atoms with van der Waals surface area (Å²) in [5.41, 5.74) is 1.15. The third-order valence-electron chi connectivity index (χ3n) is 5.81. The second kappa shape index (κ2) is 8.10. The molecule has 3 rings (SSSR count). The van der Waals surface area contributed by atoms with Crippen LogP contribution in [-0.2, 0) is 4.79 Å². The number of aryl methyl sites for hydroxylation is 3. The van der Waals surface area contributed by atoms with Crippen molar-refractivity contribution in [2.24, 2.45) is 0 Å². The Morgan fingerprint density at radius 2 is 1.81 bits per heavy atom. The van der Waals surface area contributed by atoms with Gasteiger partial charge in [0.05, 0.1) is 11.9 Å². The molecule has 0 radical (unpaired) electrons. The van der Waals surface area contributed by atoms with Gasteiger partial charge < -0.3 is 4.90 Å². The predicted molar refractivity (Wildman–Crippen MR) is 111 cm³/mol. The summed E-state index contributed by atoms with van der Waals surface area (Å²) in [6.45, 7) is 13.7. The third-order valence-corrected chi connectivity index (χ3v) is 6.91. The van der Waals surface area contributed by atoms with Gasteiger partial charge in [0.1, 0.15) is 10.7 Å². The summed E-state index contributed by atoms with van der Waals surface area (Å²) in [4.78, 5) is 36.3. The van der Waals surface area contributed by atoms with E-state index in [2.05, 4.69) is 4.90 Å². The molecule has 27 heavy (non-hydrogen) atoms. The maximum Gasteiger partial charge on any atom is 0.262 e. The molecule has 0 saturated carbocycles. The molecule has 1 aliphatic heterocycles. The number of carbonyl (C=O) groups is 1. The number of piperidine rings is 1. The molecule has 0 spiro atoms. The zero-order valence-electron chi connectivity index (χ0n) is 17.0. The SMILES string of the molecule is CCN(CC)C(=O)CN1CCC(n2c(C)nc3sc(C)c(C)c3c2=O)CC1. The van der Waals surface area contributed by atoms with Gasteiger partial charge in [0.25, 0.3) is 5.56 Å². The first-order chi connectivity index (χ1) is 12.9. The van der Waals surface area contributed by atoms with Gasteiger partial charge in [-0.05, 0) is 53.0 Å². The summed E-state index contributed by atoms with van der Waals surface area (Å²) < 4.78 is 1.89. The van der Waals surface area contributed by atoms with Crippen LogP contribution in [0.3, 0.4) is 0 Å². The highest BCUT2D eigenvalue weighted by molar-refractivity contribution is 7.18. The normalized spacial score (nSPS) is 16.2. The van der Waals surface area contributed by atoms with Crippen LogP contribution in [0.2, 0.25) is 0 Å². The van der Waals surface area contributed by atoms with Gasteiger partial charge in [-0.1, -0.05) is 0 Å². The second-order valence-electron chi connectivity index (χ2n) is 7.37. The molecule has 1 aliphatic rings. The lowest BCUT2D eigenvalue weighted by Crippen LogP contribution is -2.44. The highest BCUT2D eigenvalue weighted by Crippen LogP contribution is 2.28. The van der Waals surface area contributed by atoms with Crippen molar-refractivity contribution in [3.8, 4) is 0 Å². The van der Waals surface area contributed by atoms with Crippen molar-refractivity contribution < 1.29 is 4.79 Å². The summed E-state index contributed by atoms with van der Waals surface area (Å²) in [5.74, 6) is 0.991. The van der Waals surface area contributed by atoms with E-state index in [1.165, 1.54) is 0 Å². The number of carbonyl (C=O) groups excluding carboxylic acids is 1. The number of likely N-dealkylation sites (N-methyl/N-ethyl adjacent to an activating group) is 1. The van der Waals surface area contributed by atoms with Gasteiger partial charge in [-0.2, -0.15) is 0 Å². The van der Waals surface area contributed by atoms with Crippen LogP contribution in [0.25, 0.3) is 10.2 Å². The zero-order valence-corrected chi connectivity index (χ0v) is 17.9. The number of thiophene rings is 1. The average molecular weight is 391 g/mol. The topological polar surface area (TPSA) is 58.4 Å². The van der Waals surface area contributed by atoms with Crippen LogP contribution in [0.4, 0.5) is 0 Å². The van der Waals surface area contributed by atoms with Gasteiger partial charge in [0, 0.05) is 37.1 Å². The smallest absolute Gasteiger partial charge is 0.262 e. The number of aromatic nitrogens is 2. The van der Waals surface area contributed by atoms with Gasteiger partial charge >= 0.3 is 0 Å². The molecule has 0 aliphatic carbocycles. The van der Waals surface area contributed by atoms with Crippen LogP contribution < -0.4 is 5.56 Å². The van der Waals surface area contributed by atoms with Crippen molar-refractivity contribution in [1.29, 1.82) is 0 Å². The molecule has 1 saturated heterocycles. The fourth-order valence-electron chi connectivity index (χ4n) is 4.04. The Bertz CT molecular complexity index is 889. The quantitative estimate of drug-likeness (QED) is 0.788. The first kappa shape index (κ1) is 20.0. The van der Waals surface area contributed by atoms with Crippen molar-refractivity contribution >= 4 is 27.5 Å². The summed E-state index contributed by atoms with van der Waals surface area (Å²) >= 11 is 1.60. The number of nitrogens with zero attached hydrogens (tertiary/aromatic N) is 4. The Hall–Kier alpha value is -1.73. The first-order valence-electron chi connectivity index (χ1n) is 9.86.